The normalized spacial score (nSPS) is 19.4. The van der Waals surface area contributed by atoms with Gasteiger partial charge in [0.1, 0.15) is 6.04 Å². The molecule has 23 heavy (non-hydrogen) atoms. The molecule has 0 aromatic heterocycles. The zero-order chi connectivity index (χ0) is 16.9. The summed E-state index contributed by atoms with van der Waals surface area (Å²) < 4.78 is 44.8. The van der Waals surface area contributed by atoms with Crippen LogP contribution < -0.4 is 5.32 Å². The van der Waals surface area contributed by atoms with E-state index in [4.69, 9.17) is 4.74 Å². The molecular weight excluding hydrogens is 309 g/mol. The van der Waals surface area contributed by atoms with Crippen molar-refractivity contribution in [1.82, 2.24) is 10.2 Å². The first-order chi connectivity index (χ1) is 10.9. The number of carbonyl (C=O) groups is 1. The van der Waals surface area contributed by atoms with Crippen LogP contribution in [0, 0.1) is 5.92 Å². The molecule has 128 valence electrons. The summed E-state index contributed by atoms with van der Waals surface area (Å²) >= 11 is 0. The van der Waals surface area contributed by atoms with Gasteiger partial charge < -0.3 is 15.0 Å². The van der Waals surface area contributed by atoms with Crippen LogP contribution in [-0.2, 0) is 11.2 Å². The Balaban J connectivity index is 1.95. The van der Waals surface area contributed by atoms with E-state index in [1.54, 1.807) is 30.3 Å². The molecule has 1 fully saturated rings. The topological polar surface area (TPSA) is 41.6 Å². The molecule has 2 amide bonds. The highest BCUT2D eigenvalue weighted by atomic mass is 19.4. The molecular formula is C16H21F3N2O2. The minimum Gasteiger partial charge on any atom is -0.381 e. The van der Waals surface area contributed by atoms with Gasteiger partial charge in [0.2, 0.25) is 0 Å². The van der Waals surface area contributed by atoms with Crippen molar-refractivity contribution in [2.75, 3.05) is 26.8 Å². The Kier molecular flexibility index (Phi) is 5.87. The van der Waals surface area contributed by atoms with Crippen LogP contribution in [0.3, 0.4) is 0 Å². The Labute approximate surface area is 133 Å². The molecule has 2 atom stereocenters. The van der Waals surface area contributed by atoms with Gasteiger partial charge in [-0.3, -0.25) is 0 Å². The molecule has 7 heteroatoms. The Hall–Kier alpha value is -1.76. The summed E-state index contributed by atoms with van der Waals surface area (Å²) in [6.45, 7) is 1.57. The molecule has 1 saturated heterocycles. The SMILES string of the molecule is CN(C[C@@H]1CCOC1)C(=O)N[C@H](Cc1ccccc1)C(F)(F)F. The minimum atomic E-state index is -4.50. The highest BCUT2D eigenvalue weighted by Gasteiger charge is 2.41. The van der Waals surface area contributed by atoms with E-state index in [9.17, 15) is 18.0 Å². The maximum Gasteiger partial charge on any atom is 0.408 e. The minimum absolute atomic E-state index is 0.184. The maximum atomic E-state index is 13.2. The van der Waals surface area contributed by atoms with Crippen LogP contribution in [0.5, 0.6) is 0 Å². The van der Waals surface area contributed by atoms with Crippen molar-refractivity contribution in [3.8, 4) is 0 Å². The molecule has 1 aromatic carbocycles. The van der Waals surface area contributed by atoms with E-state index in [0.29, 0.717) is 25.3 Å². The quantitative estimate of drug-likeness (QED) is 0.902. The average Bonchev–Trinajstić information content (AvgIpc) is 2.99. The number of hydrogen-bond donors (Lipinski definition) is 1. The van der Waals surface area contributed by atoms with E-state index >= 15 is 0 Å². The lowest BCUT2D eigenvalue weighted by molar-refractivity contribution is -0.153. The molecule has 4 nitrogen and oxygen atoms in total. The highest BCUT2D eigenvalue weighted by molar-refractivity contribution is 5.74. The van der Waals surface area contributed by atoms with Gasteiger partial charge in [-0.25, -0.2) is 4.79 Å². The molecule has 1 aliphatic heterocycles. The van der Waals surface area contributed by atoms with Gasteiger partial charge in [0.25, 0.3) is 0 Å². The largest absolute Gasteiger partial charge is 0.408 e. The summed E-state index contributed by atoms with van der Waals surface area (Å²) in [6.07, 6.45) is -3.95. The fraction of sp³-hybridized carbons (Fsp3) is 0.562. The lowest BCUT2D eigenvalue weighted by Gasteiger charge is -2.26. The smallest absolute Gasteiger partial charge is 0.381 e. The summed E-state index contributed by atoms with van der Waals surface area (Å²) in [6, 6.07) is 5.71. The lowest BCUT2D eigenvalue weighted by atomic mass is 10.1. The summed E-state index contributed by atoms with van der Waals surface area (Å²) in [5.41, 5.74) is 0.530. The number of nitrogens with zero attached hydrogens (tertiary/aromatic N) is 1. The van der Waals surface area contributed by atoms with Gasteiger partial charge in [0.15, 0.2) is 0 Å². The lowest BCUT2D eigenvalue weighted by Crippen LogP contribution is -2.51. The first kappa shape index (κ1) is 17.6. The molecule has 0 aliphatic carbocycles. The highest BCUT2D eigenvalue weighted by Crippen LogP contribution is 2.23. The Morgan fingerprint density at radius 1 is 1.39 bits per heavy atom. The third-order valence-electron chi connectivity index (χ3n) is 3.88. The maximum absolute atomic E-state index is 13.2. The van der Waals surface area contributed by atoms with Crippen molar-refractivity contribution in [2.24, 2.45) is 5.92 Å². The van der Waals surface area contributed by atoms with E-state index in [2.05, 4.69) is 5.32 Å². The van der Waals surface area contributed by atoms with Crippen LogP contribution in [0.15, 0.2) is 30.3 Å². The standard InChI is InChI=1S/C16H21F3N2O2/c1-21(10-13-7-8-23-11-13)15(22)20-14(16(17,18)19)9-12-5-3-2-4-6-12/h2-6,13-14H,7-11H2,1H3,(H,20,22)/t13-,14+/m0/s1. The van der Waals surface area contributed by atoms with Crippen molar-refractivity contribution in [2.45, 2.75) is 25.1 Å². The van der Waals surface area contributed by atoms with Crippen LogP contribution in [0.4, 0.5) is 18.0 Å². The van der Waals surface area contributed by atoms with E-state index in [1.165, 1.54) is 11.9 Å². The number of carbonyl (C=O) groups excluding carboxylic acids is 1. The number of urea groups is 1. The van der Waals surface area contributed by atoms with Crippen molar-refractivity contribution in [3.63, 3.8) is 0 Å². The molecule has 0 spiro atoms. The van der Waals surface area contributed by atoms with Crippen LogP contribution in [-0.4, -0.2) is 50.0 Å². The first-order valence-electron chi connectivity index (χ1n) is 7.56. The predicted molar refractivity (Wildman–Crippen MR) is 80.1 cm³/mol. The summed E-state index contributed by atoms with van der Waals surface area (Å²) in [5, 5.41) is 2.10. The van der Waals surface area contributed by atoms with Gasteiger partial charge in [0, 0.05) is 32.5 Å². The van der Waals surface area contributed by atoms with Crippen molar-refractivity contribution < 1.29 is 22.7 Å². The zero-order valence-corrected chi connectivity index (χ0v) is 13.0. The molecule has 0 unspecified atom stereocenters. The van der Waals surface area contributed by atoms with Gasteiger partial charge in [0.05, 0.1) is 6.61 Å². The van der Waals surface area contributed by atoms with E-state index in [0.717, 1.165) is 6.42 Å². The van der Waals surface area contributed by atoms with E-state index < -0.39 is 18.2 Å². The van der Waals surface area contributed by atoms with E-state index in [-0.39, 0.29) is 12.3 Å². The van der Waals surface area contributed by atoms with Gasteiger partial charge in [-0.1, -0.05) is 30.3 Å². The number of nitrogens with one attached hydrogen (secondary N) is 1. The summed E-state index contributed by atoms with van der Waals surface area (Å²) in [5.74, 6) is 0.184. The molecule has 0 bridgehead atoms. The van der Waals surface area contributed by atoms with Crippen LogP contribution in [0.25, 0.3) is 0 Å². The number of ether oxygens (including phenoxy) is 1. The molecule has 0 saturated carbocycles. The van der Waals surface area contributed by atoms with Crippen molar-refractivity contribution >= 4 is 6.03 Å². The molecule has 1 aromatic rings. The number of rotatable bonds is 5. The van der Waals surface area contributed by atoms with Gasteiger partial charge in [-0.15, -0.1) is 0 Å². The molecule has 1 aliphatic rings. The summed E-state index contributed by atoms with van der Waals surface area (Å²) in [4.78, 5) is 13.3. The number of amides is 2. The van der Waals surface area contributed by atoms with Crippen LogP contribution in [0.1, 0.15) is 12.0 Å². The summed E-state index contributed by atoms with van der Waals surface area (Å²) in [7, 11) is 1.50. The number of hydrogen-bond acceptors (Lipinski definition) is 2. The van der Waals surface area contributed by atoms with Gasteiger partial charge in [-0.2, -0.15) is 13.2 Å². The monoisotopic (exact) mass is 330 g/mol. The Morgan fingerprint density at radius 2 is 2.09 bits per heavy atom. The zero-order valence-electron chi connectivity index (χ0n) is 13.0. The van der Waals surface area contributed by atoms with E-state index in [1.807, 2.05) is 0 Å². The molecule has 0 radical (unpaired) electrons. The second-order valence-electron chi connectivity index (χ2n) is 5.84. The molecule has 1 heterocycles. The average molecular weight is 330 g/mol. The molecule has 2 rings (SSSR count). The number of alkyl halides is 3. The second-order valence-corrected chi connectivity index (χ2v) is 5.84. The number of halogens is 3. The predicted octanol–water partition coefficient (Wildman–Crippen LogP) is 2.84. The third kappa shape index (κ3) is 5.42. The fourth-order valence-electron chi connectivity index (χ4n) is 2.56. The Morgan fingerprint density at radius 3 is 2.65 bits per heavy atom. The molecule has 1 N–H and O–H groups in total. The fourth-order valence-corrected chi connectivity index (χ4v) is 2.56. The van der Waals surface area contributed by atoms with Crippen molar-refractivity contribution in [3.05, 3.63) is 35.9 Å². The Bertz CT molecular complexity index is 502. The van der Waals surface area contributed by atoms with Gasteiger partial charge in [-0.05, 0) is 12.0 Å². The second kappa shape index (κ2) is 7.68. The van der Waals surface area contributed by atoms with Crippen molar-refractivity contribution in [1.29, 1.82) is 0 Å². The van der Waals surface area contributed by atoms with Crippen LogP contribution >= 0.6 is 0 Å². The van der Waals surface area contributed by atoms with Crippen LogP contribution in [0.2, 0.25) is 0 Å². The third-order valence-corrected chi connectivity index (χ3v) is 3.88. The van der Waals surface area contributed by atoms with Gasteiger partial charge >= 0.3 is 12.2 Å². The first-order valence-corrected chi connectivity index (χ1v) is 7.56. The number of benzene rings is 1.